The van der Waals surface area contributed by atoms with E-state index >= 15 is 0 Å². The lowest BCUT2D eigenvalue weighted by atomic mass is 9.86. The van der Waals surface area contributed by atoms with Crippen molar-refractivity contribution >= 4 is 10.4 Å². The van der Waals surface area contributed by atoms with Crippen molar-refractivity contribution in [1.29, 1.82) is 0 Å². The Morgan fingerprint density at radius 1 is 1.47 bits per heavy atom. The number of rotatable bonds is 0. The third-order valence-corrected chi connectivity index (χ3v) is 4.32. The smallest absolute Gasteiger partial charge is 0.350 e. The average Bonchev–Trinajstić information content (AvgIpc) is 2.37. The highest BCUT2D eigenvalue weighted by atomic mass is 32.3. The quantitative estimate of drug-likeness (QED) is 0.604. The Morgan fingerprint density at radius 3 is 3.07 bits per heavy atom. The topological polar surface area (TPSA) is 76.1 Å². The fourth-order valence-corrected chi connectivity index (χ4v) is 3.77. The largest absolute Gasteiger partial charge is 0.404 e. The monoisotopic (exact) mass is 235 g/mol. The summed E-state index contributed by atoms with van der Waals surface area (Å²) in [6.45, 7) is 1.34. The third kappa shape index (κ3) is 1.42. The average molecular weight is 235 g/mol. The van der Waals surface area contributed by atoms with E-state index in [9.17, 15) is 13.5 Å². The molecule has 0 aromatic heterocycles. The fourth-order valence-electron chi connectivity index (χ4n) is 2.73. The Morgan fingerprint density at radius 2 is 2.27 bits per heavy atom. The van der Waals surface area contributed by atoms with Crippen LogP contribution in [0.1, 0.15) is 19.3 Å². The summed E-state index contributed by atoms with van der Waals surface area (Å²) in [6, 6.07) is 0. The van der Waals surface area contributed by atoms with Gasteiger partial charge < -0.3 is 5.11 Å². The minimum absolute atomic E-state index is 0.404. The Kier molecular flexibility index (Phi) is 1.94. The minimum Gasteiger partial charge on any atom is -0.350 e. The van der Waals surface area contributed by atoms with Crippen molar-refractivity contribution in [3.63, 3.8) is 0 Å². The van der Waals surface area contributed by atoms with Gasteiger partial charge in [0.2, 0.25) is 0 Å². The minimum atomic E-state index is -4.02. The summed E-state index contributed by atoms with van der Waals surface area (Å²) >= 11 is 0. The highest BCUT2D eigenvalue weighted by Crippen LogP contribution is 2.43. The van der Waals surface area contributed by atoms with E-state index in [0.29, 0.717) is 25.4 Å². The molecule has 0 saturated carbocycles. The van der Waals surface area contributed by atoms with Gasteiger partial charge in [-0.2, -0.15) is 12.6 Å². The first-order valence-electron chi connectivity index (χ1n) is 5.11. The fraction of sp³-hybridized carbons (Fsp3) is 1.00. The standard InChI is InChI=1S/C8H13NO5S/c10-8-7(13-15(11,12)14-8)4-6-2-1-3-9(8)5-6/h6-7,10H,1-5H2. The number of fused-ring (bicyclic) bond motifs is 4. The molecular weight excluding hydrogens is 222 g/mol. The van der Waals surface area contributed by atoms with E-state index in [4.69, 9.17) is 4.18 Å². The molecule has 15 heavy (non-hydrogen) atoms. The van der Waals surface area contributed by atoms with E-state index in [-0.39, 0.29) is 0 Å². The van der Waals surface area contributed by atoms with Crippen LogP contribution >= 0.6 is 0 Å². The van der Waals surface area contributed by atoms with Crippen LogP contribution in [0.4, 0.5) is 0 Å². The van der Waals surface area contributed by atoms with Crippen LogP contribution in [0.3, 0.4) is 0 Å². The zero-order valence-electron chi connectivity index (χ0n) is 8.13. The van der Waals surface area contributed by atoms with Gasteiger partial charge in [-0.25, -0.2) is 9.08 Å². The van der Waals surface area contributed by atoms with Crippen LogP contribution < -0.4 is 0 Å². The number of aliphatic hydroxyl groups is 1. The zero-order valence-corrected chi connectivity index (χ0v) is 8.94. The lowest BCUT2D eigenvalue weighted by Crippen LogP contribution is -2.62. The molecule has 4 atom stereocenters. The third-order valence-electron chi connectivity index (χ3n) is 3.40. The van der Waals surface area contributed by atoms with Crippen molar-refractivity contribution in [3.8, 4) is 0 Å². The van der Waals surface area contributed by atoms with Gasteiger partial charge >= 0.3 is 10.4 Å². The normalized spacial score (nSPS) is 52.5. The maximum absolute atomic E-state index is 11.2. The maximum atomic E-state index is 11.2. The van der Waals surface area contributed by atoms with E-state index in [0.717, 1.165) is 12.8 Å². The van der Waals surface area contributed by atoms with Gasteiger partial charge in [-0.15, -0.1) is 0 Å². The first-order chi connectivity index (χ1) is 7.00. The van der Waals surface area contributed by atoms with Gasteiger partial charge in [-0.05, 0) is 25.2 Å². The summed E-state index contributed by atoms with van der Waals surface area (Å²) in [4.78, 5) is 1.67. The molecule has 0 radical (unpaired) electrons. The summed E-state index contributed by atoms with van der Waals surface area (Å²) in [6.07, 6.45) is 1.81. The summed E-state index contributed by atoms with van der Waals surface area (Å²) in [5.74, 6) is -1.35. The maximum Gasteiger partial charge on any atom is 0.404 e. The number of piperidine rings is 2. The Balaban J connectivity index is 1.97. The molecule has 3 heterocycles. The molecule has 0 spiro atoms. The molecule has 0 amide bonds. The molecule has 2 bridgehead atoms. The second-order valence-electron chi connectivity index (χ2n) is 4.43. The van der Waals surface area contributed by atoms with Crippen LogP contribution in [0.25, 0.3) is 0 Å². The molecule has 3 aliphatic rings. The van der Waals surface area contributed by atoms with Gasteiger partial charge in [0.25, 0.3) is 5.91 Å². The highest BCUT2D eigenvalue weighted by molar-refractivity contribution is 7.82. The van der Waals surface area contributed by atoms with Crippen LogP contribution in [0.15, 0.2) is 0 Å². The molecule has 0 aromatic rings. The first-order valence-corrected chi connectivity index (χ1v) is 6.44. The van der Waals surface area contributed by atoms with Gasteiger partial charge in [-0.3, -0.25) is 0 Å². The van der Waals surface area contributed by atoms with Crippen molar-refractivity contribution in [2.45, 2.75) is 31.3 Å². The molecule has 6 nitrogen and oxygen atoms in total. The van der Waals surface area contributed by atoms with Crippen LogP contribution in [0, 0.1) is 5.92 Å². The zero-order chi connectivity index (χ0) is 10.7. The Bertz CT molecular complexity index is 382. The van der Waals surface area contributed by atoms with Crippen molar-refractivity contribution in [2.75, 3.05) is 13.1 Å². The van der Waals surface area contributed by atoms with Gasteiger partial charge in [-0.1, -0.05) is 0 Å². The molecular formula is C8H13NO5S. The second-order valence-corrected chi connectivity index (χ2v) is 5.60. The number of nitrogens with zero attached hydrogens (tertiary/aromatic N) is 1. The summed E-state index contributed by atoms with van der Waals surface area (Å²) in [7, 11) is -4.02. The van der Waals surface area contributed by atoms with Crippen LogP contribution in [-0.4, -0.2) is 43.5 Å². The van der Waals surface area contributed by atoms with Gasteiger partial charge in [0.15, 0.2) is 0 Å². The SMILES string of the molecule is O=S1(=O)OC2CC3CCCN(C3)C2(O)O1. The van der Waals surface area contributed by atoms with E-state index in [1.165, 1.54) is 0 Å². The number of hydrogen-bond donors (Lipinski definition) is 1. The van der Waals surface area contributed by atoms with Crippen molar-refractivity contribution < 1.29 is 21.9 Å². The molecule has 3 saturated heterocycles. The molecule has 7 heteroatoms. The van der Waals surface area contributed by atoms with E-state index < -0.39 is 22.4 Å². The van der Waals surface area contributed by atoms with Gasteiger partial charge in [0.1, 0.15) is 6.10 Å². The Hall–Kier alpha value is -0.210. The molecule has 3 rings (SSSR count). The predicted octanol–water partition coefficient (Wildman–Crippen LogP) is -0.592. The van der Waals surface area contributed by atoms with E-state index in [1.807, 2.05) is 0 Å². The van der Waals surface area contributed by atoms with E-state index in [2.05, 4.69) is 4.18 Å². The van der Waals surface area contributed by atoms with Crippen LogP contribution in [-0.2, 0) is 18.8 Å². The Labute approximate surface area is 88.1 Å². The summed E-state index contributed by atoms with van der Waals surface area (Å²) in [5.41, 5.74) is 0. The van der Waals surface area contributed by atoms with Gasteiger partial charge in [0, 0.05) is 13.1 Å². The van der Waals surface area contributed by atoms with E-state index in [1.54, 1.807) is 4.90 Å². The van der Waals surface area contributed by atoms with Gasteiger partial charge in [0.05, 0.1) is 0 Å². The molecule has 0 aromatic carbocycles. The lowest BCUT2D eigenvalue weighted by Gasteiger charge is -2.46. The molecule has 4 unspecified atom stereocenters. The molecule has 3 fully saturated rings. The van der Waals surface area contributed by atoms with Crippen molar-refractivity contribution in [3.05, 3.63) is 0 Å². The van der Waals surface area contributed by atoms with Crippen molar-refractivity contribution in [2.24, 2.45) is 5.92 Å². The first kappa shape index (κ1) is 9.98. The molecule has 86 valence electrons. The molecule has 3 aliphatic heterocycles. The molecule has 0 aliphatic carbocycles. The van der Waals surface area contributed by atoms with Crippen molar-refractivity contribution in [1.82, 2.24) is 4.90 Å². The predicted molar refractivity (Wildman–Crippen MR) is 48.7 cm³/mol. The second kappa shape index (κ2) is 2.92. The van der Waals surface area contributed by atoms with Crippen LogP contribution in [0.5, 0.6) is 0 Å². The number of hydrogen-bond acceptors (Lipinski definition) is 6. The van der Waals surface area contributed by atoms with Crippen LogP contribution in [0.2, 0.25) is 0 Å². The molecule has 1 N–H and O–H groups in total. The summed E-state index contributed by atoms with van der Waals surface area (Å²) < 4.78 is 31.7. The highest BCUT2D eigenvalue weighted by Gasteiger charge is 2.60. The summed E-state index contributed by atoms with van der Waals surface area (Å²) in [5, 5.41) is 10.2. The lowest BCUT2D eigenvalue weighted by molar-refractivity contribution is -0.285.